The lowest BCUT2D eigenvalue weighted by Crippen LogP contribution is -2.18. The summed E-state index contributed by atoms with van der Waals surface area (Å²) in [5.74, 6) is 1.39. The van der Waals surface area contributed by atoms with E-state index >= 15 is 0 Å². The van der Waals surface area contributed by atoms with Gasteiger partial charge in [-0.15, -0.1) is 0 Å². The lowest BCUT2D eigenvalue weighted by molar-refractivity contribution is 0.750. The fourth-order valence-corrected chi connectivity index (χ4v) is 3.08. The van der Waals surface area contributed by atoms with Crippen molar-refractivity contribution in [1.82, 2.24) is 19.5 Å². The summed E-state index contributed by atoms with van der Waals surface area (Å²) in [4.78, 5) is 13.1. The van der Waals surface area contributed by atoms with E-state index in [1.165, 1.54) is 25.7 Å². The molecule has 2 heterocycles. The van der Waals surface area contributed by atoms with E-state index in [2.05, 4.69) is 20.3 Å². The number of nitrogens with two attached hydrogens (primary N) is 1. The number of aromatic nitrogens is 4. The minimum Gasteiger partial charge on any atom is -0.393 e. The lowest BCUT2D eigenvalue weighted by Gasteiger charge is -2.16. The van der Waals surface area contributed by atoms with Crippen LogP contribution in [-0.2, 0) is 0 Å². The van der Waals surface area contributed by atoms with Gasteiger partial charge in [-0.25, -0.2) is 15.0 Å². The van der Waals surface area contributed by atoms with E-state index in [0.29, 0.717) is 17.5 Å². The van der Waals surface area contributed by atoms with Crippen LogP contribution in [-0.4, -0.2) is 25.6 Å². The number of fused-ring (bicyclic) bond motifs is 1. The van der Waals surface area contributed by atoms with E-state index in [0.717, 1.165) is 16.9 Å². The average Bonchev–Trinajstić information content (AvgIpc) is 3.19. The summed E-state index contributed by atoms with van der Waals surface area (Å²) < 4.78 is 1.91. The molecule has 112 valence electrons. The number of nitrogens with zero attached hydrogens (tertiary/aromatic N) is 4. The zero-order valence-corrected chi connectivity index (χ0v) is 12.2. The Morgan fingerprint density at radius 2 is 1.91 bits per heavy atom. The van der Waals surface area contributed by atoms with E-state index in [1.54, 1.807) is 12.7 Å². The molecule has 0 radical (unpaired) electrons. The van der Waals surface area contributed by atoms with Gasteiger partial charge in [0.1, 0.15) is 18.3 Å². The molecule has 6 heteroatoms. The summed E-state index contributed by atoms with van der Waals surface area (Å²) in [5.41, 5.74) is 8.78. The Bertz CT molecular complexity index is 803. The number of para-hydroxylation sites is 2. The Hall–Kier alpha value is -2.63. The highest BCUT2D eigenvalue weighted by molar-refractivity contribution is 5.80. The topological polar surface area (TPSA) is 81.6 Å². The number of anilines is 2. The van der Waals surface area contributed by atoms with Crippen LogP contribution in [0.25, 0.3) is 16.9 Å². The highest BCUT2D eigenvalue weighted by Crippen LogP contribution is 2.28. The van der Waals surface area contributed by atoms with E-state index in [1.807, 2.05) is 28.8 Å². The highest BCUT2D eigenvalue weighted by atomic mass is 15.2. The first-order valence-corrected chi connectivity index (χ1v) is 7.62. The number of nitrogen functional groups attached to an aromatic ring is 1. The monoisotopic (exact) mass is 294 g/mol. The maximum Gasteiger partial charge on any atom is 0.167 e. The molecule has 0 saturated heterocycles. The first-order valence-electron chi connectivity index (χ1n) is 7.62. The van der Waals surface area contributed by atoms with Crippen molar-refractivity contribution in [2.75, 3.05) is 11.1 Å². The normalized spacial score (nSPS) is 15.5. The SMILES string of the molecule is Nc1c(NC2CCCC2)ncnc1-n1cnc2ccccc21. The minimum atomic E-state index is 0.463. The van der Waals surface area contributed by atoms with Gasteiger partial charge in [0.25, 0.3) is 0 Å². The molecule has 22 heavy (non-hydrogen) atoms. The predicted molar refractivity (Wildman–Crippen MR) is 87.0 cm³/mol. The molecule has 3 N–H and O–H groups in total. The number of benzene rings is 1. The molecule has 0 aliphatic heterocycles. The van der Waals surface area contributed by atoms with Crippen molar-refractivity contribution in [1.29, 1.82) is 0 Å². The fourth-order valence-electron chi connectivity index (χ4n) is 3.08. The molecule has 0 spiro atoms. The second-order valence-electron chi connectivity index (χ2n) is 5.69. The zero-order chi connectivity index (χ0) is 14.9. The minimum absolute atomic E-state index is 0.463. The van der Waals surface area contributed by atoms with Crippen LogP contribution >= 0.6 is 0 Å². The molecule has 3 aromatic rings. The molecule has 4 rings (SSSR count). The number of hydrogen-bond donors (Lipinski definition) is 2. The van der Waals surface area contributed by atoms with E-state index in [9.17, 15) is 0 Å². The number of rotatable bonds is 3. The van der Waals surface area contributed by atoms with Crippen LogP contribution in [0.1, 0.15) is 25.7 Å². The molecule has 0 atom stereocenters. The fraction of sp³-hybridized carbons (Fsp3) is 0.312. The van der Waals surface area contributed by atoms with E-state index < -0.39 is 0 Å². The molecule has 1 aromatic carbocycles. The van der Waals surface area contributed by atoms with Gasteiger partial charge in [-0.05, 0) is 25.0 Å². The Labute approximate surface area is 128 Å². The van der Waals surface area contributed by atoms with Crippen LogP contribution in [0.2, 0.25) is 0 Å². The Morgan fingerprint density at radius 1 is 1.09 bits per heavy atom. The van der Waals surface area contributed by atoms with Crippen LogP contribution in [0, 0.1) is 0 Å². The van der Waals surface area contributed by atoms with Crippen LogP contribution in [0.4, 0.5) is 11.5 Å². The molecule has 1 aliphatic rings. The Kier molecular flexibility index (Phi) is 3.14. The smallest absolute Gasteiger partial charge is 0.167 e. The van der Waals surface area contributed by atoms with Gasteiger partial charge in [0.15, 0.2) is 11.6 Å². The first kappa shape index (κ1) is 13.1. The van der Waals surface area contributed by atoms with Gasteiger partial charge < -0.3 is 11.1 Å². The van der Waals surface area contributed by atoms with Crippen molar-refractivity contribution in [3.63, 3.8) is 0 Å². The molecule has 0 amide bonds. The summed E-state index contributed by atoms with van der Waals surface area (Å²) in [7, 11) is 0. The van der Waals surface area contributed by atoms with Gasteiger partial charge in [-0.2, -0.15) is 0 Å². The standard InChI is InChI=1S/C16H18N6/c17-14-15(21-11-5-1-2-6-11)18-9-19-16(14)22-10-20-12-7-3-4-8-13(12)22/h3-4,7-11H,1-2,5-6,17H2,(H,18,19,21). The Balaban J connectivity index is 1.75. The largest absolute Gasteiger partial charge is 0.393 e. The van der Waals surface area contributed by atoms with Crippen molar-refractivity contribution in [2.45, 2.75) is 31.7 Å². The third-order valence-electron chi connectivity index (χ3n) is 4.24. The third kappa shape index (κ3) is 2.16. The second-order valence-corrected chi connectivity index (χ2v) is 5.69. The maximum absolute atomic E-state index is 6.31. The van der Waals surface area contributed by atoms with Gasteiger partial charge in [0, 0.05) is 6.04 Å². The van der Waals surface area contributed by atoms with Crippen molar-refractivity contribution >= 4 is 22.5 Å². The molecular formula is C16H18N6. The van der Waals surface area contributed by atoms with Crippen molar-refractivity contribution in [3.8, 4) is 5.82 Å². The molecule has 0 unspecified atom stereocenters. The van der Waals surface area contributed by atoms with Gasteiger partial charge >= 0.3 is 0 Å². The summed E-state index contributed by atoms with van der Waals surface area (Å²) in [5, 5.41) is 3.45. The predicted octanol–water partition coefficient (Wildman–Crippen LogP) is 2.75. The molecule has 2 aromatic heterocycles. The van der Waals surface area contributed by atoms with Crippen LogP contribution in [0.5, 0.6) is 0 Å². The molecular weight excluding hydrogens is 276 g/mol. The van der Waals surface area contributed by atoms with Crippen LogP contribution in [0.3, 0.4) is 0 Å². The van der Waals surface area contributed by atoms with Gasteiger partial charge in [-0.3, -0.25) is 4.57 Å². The van der Waals surface area contributed by atoms with Crippen LogP contribution in [0.15, 0.2) is 36.9 Å². The van der Waals surface area contributed by atoms with Crippen molar-refractivity contribution in [2.24, 2.45) is 0 Å². The molecule has 1 aliphatic carbocycles. The molecule has 1 saturated carbocycles. The average molecular weight is 294 g/mol. The van der Waals surface area contributed by atoms with Crippen molar-refractivity contribution in [3.05, 3.63) is 36.9 Å². The number of imidazole rings is 1. The lowest BCUT2D eigenvalue weighted by atomic mass is 10.2. The Morgan fingerprint density at radius 3 is 2.77 bits per heavy atom. The first-order chi connectivity index (χ1) is 10.8. The van der Waals surface area contributed by atoms with Gasteiger partial charge in [0.2, 0.25) is 0 Å². The summed E-state index contributed by atoms with van der Waals surface area (Å²) >= 11 is 0. The molecule has 0 bridgehead atoms. The highest BCUT2D eigenvalue weighted by Gasteiger charge is 2.18. The third-order valence-corrected chi connectivity index (χ3v) is 4.24. The second kappa shape index (κ2) is 5.29. The molecule has 1 fully saturated rings. The van der Waals surface area contributed by atoms with Crippen molar-refractivity contribution < 1.29 is 0 Å². The number of hydrogen-bond acceptors (Lipinski definition) is 5. The van der Waals surface area contributed by atoms with Gasteiger partial charge in [0.05, 0.1) is 11.0 Å². The zero-order valence-electron chi connectivity index (χ0n) is 12.2. The quantitative estimate of drug-likeness (QED) is 0.776. The van der Waals surface area contributed by atoms with Crippen LogP contribution < -0.4 is 11.1 Å². The van der Waals surface area contributed by atoms with Gasteiger partial charge in [-0.1, -0.05) is 25.0 Å². The molecule has 6 nitrogen and oxygen atoms in total. The number of nitrogens with one attached hydrogen (secondary N) is 1. The van der Waals surface area contributed by atoms with E-state index in [4.69, 9.17) is 5.73 Å². The van der Waals surface area contributed by atoms with E-state index in [-0.39, 0.29) is 0 Å². The maximum atomic E-state index is 6.31. The summed E-state index contributed by atoms with van der Waals surface area (Å²) in [6, 6.07) is 8.39. The summed E-state index contributed by atoms with van der Waals surface area (Å²) in [6.07, 6.45) is 8.18. The summed E-state index contributed by atoms with van der Waals surface area (Å²) in [6.45, 7) is 0.